The van der Waals surface area contributed by atoms with Crippen molar-refractivity contribution in [2.45, 2.75) is 17.1 Å². The number of hydrogen-bond donors (Lipinski definition) is 1. The number of para-hydroxylation sites is 1. The van der Waals surface area contributed by atoms with Gasteiger partial charge >= 0.3 is 6.03 Å². The van der Waals surface area contributed by atoms with Crippen molar-refractivity contribution in [2.75, 3.05) is 16.8 Å². The average molecular weight is 302 g/mol. The monoisotopic (exact) mass is 302 g/mol. The van der Waals surface area contributed by atoms with Crippen LogP contribution in [0.2, 0.25) is 0 Å². The van der Waals surface area contributed by atoms with Gasteiger partial charge in [0.2, 0.25) is 0 Å². The molecule has 0 unspecified atom stereocenters. The Bertz CT molecular complexity index is 660. The summed E-state index contributed by atoms with van der Waals surface area (Å²) in [6.07, 6.45) is 0. The van der Waals surface area contributed by atoms with E-state index in [2.05, 4.69) is 12.2 Å². The van der Waals surface area contributed by atoms with E-state index < -0.39 is 0 Å². The number of amides is 2. The molecule has 108 valence electrons. The molecule has 1 aliphatic rings. The number of nitrogens with zero attached hydrogens (tertiary/aromatic N) is 1. The number of carbonyl (C=O) groups is 1. The smallest absolute Gasteiger partial charge is 0.308 e. The maximum atomic E-state index is 12.9. The number of benzene rings is 2. The Hall–Kier alpha value is -2.01. The lowest BCUT2D eigenvalue weighted by Crippen LogP contribution is -2.41. The van der Waals surface area contributed by atoms with Crippen LogP contribution in [-0.4, -0.2) is 17.8 Å². The molecule has 0 bridgehead atoms. The summed E-state index contributed by atoms with van der Waals surface area (Å²) in [6.45, 7) is 2.74. The Balaban J connectivity index is 1.83. The molecule has 0 saturated carbocycles. The van der Waals surface area contributed by atoms with E-state index in [0.29, 0.717) is 17.5 Å². The molecular formula is C16H15FN2OS. The van der Waals surface area contributed by atoms with E-state index in [0.717, 1.165) is 10.6 Å². The van der Waals surface area contributed by atoms with Crippen LogP contribution in [0.5, 0.6) is 0 Å². The minimum atomic E-state index is -0.318. The van der Waals surface area contributed by atoms with Crippen molar-refractivity contribution >= 4 is 29.2 Å². The normalized spacial score (nSPS) is 17.2. The van der Waals surface area contributed by atoms with Gasteiger partial charge in [0.1, 0.15) is 5.82 Å². The zero-order valence-corrected chi connectivity index (χ0v) is 12.4. The number of fused-ring (bicyclic) bond motifs is 1. The predicted molar refractivity (Wildman–Crippen MR) is 84.5 cm³/mol. The summed E-state index contributed by atoms with van der Waals surface area (Å²) in [6, 6.07) is 13.4. The third kappa shape index (κ3) is 3.03. The van der Waals surface area contributed by atoms with E-state index in [1.807, 2.05) is 24.3 Å². The molecule has 2 aromatic rings. The molecule has 2 aromatic carbocycles. The van der Waals surface area contributed by atoms with Gasteiger partial charge in [0.15, 0.2) is 0 Å². The van der Waals surface area contributed by atoms with E-state index in [4.69, 9.17) is 0 Å². The summed E-state index contributed by atoms with van der Waals surface area (Å²) < 4.78 is 12.9. The zero-order chi connectivity index (χ0) is 14.8. The van der Waals surface area contributed by atoms with Crippen molar-refractivity contribution in [2.24, 2.45) is 0 Å². The minimum Gasteiger partial charge on any atom is -0.308 e. The average Bonchev–Trinajstić information content (AvgIpc) is 2.48. The molecule has 0 aromatic heterocycles. The highest BCUT2D eigenvalue weighted by molar-refractivity contribution is 8.00. The van der Waals surface area contributed by atoms with Gasteiger partial charge in [-0.3, -0.25) is 4.90 Å². The van der Waals surface area contributed by atoms with Crippen LogP contribution in [0.15, 0.2) is 53.4 Å². The lowest BCUT2D eigenvalue weighted by Gasteiger charge is -2.32. The van der Waals surface area contributed by atoms with Crippen LogP contribution in [0, 0.1) is 5.82 Å². The maximum absolute atomic E-state index is 12.9. The Morgan fingerprint density at radius 3 is 2.71 bits per heavy atom. The molecule has 2 amide bonds. The second-order valence-electron chi connectivity index (χ2n) is 4.94. The van der Waals surface area contributed by atoms with Crippen molar-refractivity contribution in [3.05, 3.63) is 54.3 Å². The van der Waals surface area contributed by atoms with Crippen LogP contribution in [0.4, 0.5) is 20.6 Å². The quantitative estimate of drug-likeness (QED) is 0.849. The third-order valence-electron chi connectivity index (χ3n) is 3.26. The van der Waals surface area contributed by atoms with Gasteiger partial charge in [0.25, 0.3) is 0 Å². The number of nitrogens with one attached hydrogen (secondary N) is 1. The summed E-state index contributed by atoms with van der Waals surface area (Å²) in [5, 5.41) is 3.14. The first kappa shape index (κ1) is 13.9. The van der Waals surface area contributed by atoms with E-state index >= 15 is 0 Å². The Morgan fingerprint density at radius 1 is 1.24 bits per heavy atom. The van der Waals surface area contributed by atoms with Crippen LogP contribution in [0.1, 0.15) is 6.92 Å². The SMILES string of the molecule is C[C@@H]1CN(C(=O)Nc2ccc(F)cc2)c2ccccc2S1. The molecule has 3 nitrogen and oxygen atoms in total. The fourth-order valence-electron chi connectivity index (χ4n) is 2.31. The summed E-state index contributed by atoms with van der Waals surface area (Å²) in [5.41, 5.74) is 1.50. The standard InChI is InChI=1S/C16H15FN2OS/c1-11-10-19(14-4-2-3-5-15(14)21-11)16(20)18-13-8-6-12(17)7-9-13/h2-9,11H,10H2,1H3,(H,18,20)/t11-/m1/s1. The third-order valence-corrected chi connectivity index (χ3v) is 4.42. The molecule has 0 radical (unpaired) electrons. The van der Waals surface area contributed by atoms with E-state index in [1.54, 1.807) is 28.8 Å². The minimum absolute atomic E-state index is 0.193. The summed E-state index contributed by atoms with van der Waals surface area (Å²) in [7, 11) is 0. The van der Waals surface area contributed by atoms with Gasteiger partial charge in [0.05, 0.1) is 5.69 Å². The van der Waals surface area contributed by atoms with Crippen LogP contribution in [0.3, 0.4) is 0 Å². The molecule has 1 aliphatic heterocycles. The number of thioether (sulfide) groups is 1. The highest BCUT2D eigenvalue weighted by Crippen LogP contribution is 2.38. The maximum Gasteiger partial charge on any atom is 0.326 e. The summed E-state index contributed by atoms with van der Waals surface area (Å²) in [4.78, 5) is 15.3. The Kier molecular flexibility index (Phi) is 3.84. The molecule has 1 atom stereocenters. The number of carbonyl (C=O) groups excluding carboxylic acids is 1. The molecular weight excluding hydrogens is 287 g/mol. The van der Waals surface area contributed by atoms with E-state index in [-0.39, 0.29) is 11.8 Å². The molecule has 1 heterocycles. The van der Waals surface area contributed by atoms with Crippen LogP contribution >= 0.6 is 11.8 Å². The molecule has 5 heteroatoms. The molecule has 1 N–H and O–H groups in total. The molecule has 21 heavy (non-hydrogen) atoms. The molecule has 0 fully saturated rings. The van der Waals surface area contributed by atoms with Crippen molar-refractivity contribution in [1.29, 1.82) is 0 Å². The largest absolute Gasteiger partial charge is 0.326 e. The second-order valence-corrected chi connectivity index (χ2v) is 6.42. The predicted octanol–water partition coefficient (Wildman–Crippen LogP) is 4.36. The number of halogens is 1. The number of hydrogen-bond acceptors (Lipinski definition) is 2. The first-order valence-corrected chi connectivity index (χ1v) is 7.61. The summed E-state index contributed by atoms with van der Waals surface area (Å²) >= 11 is 1.77. The molecule has 0 spiro atoms. The van der Waals surface area contributed by atoms with E-state index in [9.17, 15) is 9.18 Å². The highest BCUT2D eigenvalue weighted by atomic mass is 32.2. The topological polar surface area (TPSA) is 32.3 Å². The van der Waals surface area contributed by atoms with Crippen LogP contribution in [-0.2, 0) is 0 Å². The van der Waals surface area contributed by atoms with Crippen molar-refractivity contribution in [1.82, 2.24) is 0 Å². The molecule has 3 rings (SSSR count). The Labute approximate surface area is 127 Å². The van der Waals surface area contributed by atoms with Gasteiger partial charge in [-0.15, -0.1) is 11.8 Å². The zero-order valence-electron chi connectivity index (χ0n) is 11.5. The number of rotatable bonds is 1. The molecule has 0 aliphatic carbocycles. The lowest BCUT2D eigenvalue weighted by molar-refractivity contribution is 0.256. The summed E-state index contributed by atoms with van der Waals surface area (Å²) in [5.74, 6) is -0.318. The fourth-order valence-corrected chi connectivity index (χ4v) is 3.42. The number of anilines is 2. The Morgan fingerprint density at radius 2 is 1.95 bits per heavy atom. The van der Waals surface area contributed by atoms with Crippen molar-refractivity contribution < 1.29 is 9.18 Å². The number of urea groups is 1. The van der Waals surface area contributed by atoms with Crippen molar-refractivity contribution in [3.63, 3.8) is 0 Å². The van der Waals surface area contributed by atoms with Gasteiger partial charge in [-0.1, -0.05) is 19.1 Å². The second kappa shape index (κ2) is 5.77. The first-order chi connectivity index (χ1) is 10.1. The van der Waals surface area contributed by atoms with Crippen LogP contribution < -0.4 is 10.2 Å². The van der Waals surface area contributed by atoms with Gasteiger partial charge < -0.3 is 5.32 Å². The van der Waals surface area contributed by atoms with Crippen molar-refractivity contribution in [3.8, 4) is 0 Å². The highest BCUT2D eigenvalue weighted by Gasteiger charge is 2.26. The van der Waals surface area contributed by atoms with Gasteiger partial charge in [-0.05, 0) is 36.4 Å². The van der Waals surface area contributed by atoms with Gasteiger partial charge in [0, 0.05) is 22.4 Å². The lowest BCUT2D eigenvalue weighted by atomic mass is 10.2. The van der Waals surface area contributed by atoms with Gasteiger partial charge in [-0.2, -0.15) is 0 Å². The first-order valence-electron chi connectivity index (χ1n) is 6.73. The van der Waals surface area contributed by atoms with Crippen LogP contribution in [0.25, 0.3) is 0 Å². The van der Waals surface area contributed by atoms with E-state index in [1.165, 1.54) is 12.1 Å². The van der Waals surface area contributed by atoms with Gasteiger partial charge in [-0.25, -0.2) is 9.18 Å². The molecule has 0 saturated heterocycles. The fraction of sp³-hybridized carbons (Fsp3) is 0.188.